The van der Waals surface area contributed by atoms with E-state index in [9.17, 15) is 23.1 Å². The van der Waals surface area contributed by atoms with Crippen molar-refractivity contribution >= 4 is 39.2 Å². The van der Waals surface area contributed by atoms with Crippen LogP contribution in [-0.4, -0.2) is 44.2 Å². The van der Waals surface area contributed by atoms with E-state index in [2.05, 4.69) is 10.0 Å². The Balaban J connectivity index is 2.00. The number of rotatable bonds is 8. The Hall–Kier alpha value is -2.46. The van der Waals surface area contributed by atoms with Gasteiger partial charge in [0.05, 0.1) is 11.0 Å². The van der Waals surface area contributed by atoms with Crippen molar-refractivity contribution in [3.8, 4) is 0 Å². The van der Waals surface area contributed by atoms with E-state index in [0.29, 0.717) is 10.7 Å². The lowest BCUT2D eigenvalue weighted by atomic mass is 10.1. The van der Waals surface area contributed by atoms with Crippen LogP contribution < -0.4 is 10.0 Å². The van der Waals surface area contributed by atoms with Crippen molar-refractivity contribution in [2.24, 2.45) is 0 Å². The summed E-state index contributed by atoms with van der Waals surface area (Å²) >= 11 is 5.75. The van der Waals surface area contributed by atoms with Crippen molar-refractivity contribution in [1.82, 2.24) is 4.72 Å². The van der Waals surface area contributed by atoms with Gasteiger partial charge in [-0.15, -0.1) is 0 Å². The normalized spacial score (nSPS) is 13.4. The molecule has 3 N–H and O–H groups in total. The van der Waals surface area contributed by atoms with Crippen LogP contribution in [-0.2, 0) is 24.3 Å². The number of aliphatic hydroxyl groups is 1. The van der Waals surface area contributed by atoms with Crippen molar-refractivity contribution in [2.45, 2.75) is 37.8 Å². The maximum Gasteiger partial charge on any atom is 0.327 e. The minimum atomic E-state index is -4.13. The molecular formula is C20H23ClN2O6S. The van der Waals surface area contributed by atoms with Crippen LogP contribution in [0.1, 0.15) is 18.1 Å². The highest BCUT2D eigenvalue weighted by atomic mass is 35.5. The number of carbonyl (C=O) groups is 2. The molecule has 0 aliphatic carbocycles. The number of carbonyl (C=O) groups excluding carboxylic acids is 2. The molecule has 0 aromatic heterocycles. The van der Waals surface area contributed by atoms with E-state index in [4.69, 9.17) is 16.3 Å². The Morgan fingerprint density at radius 1 is 1.10 bits per heavy atom. The van der Waals surface area contributed by atoms with Crippen molar-refractivity contribution in [3.63, 3.8) is 0 Å². The van der Waals surface area contributed by atoms with Gasteiger partial charge in [0, 0.05) is 10.7 Å². The van der Waals surface area contributed by atoms with Gasteiger partial charge in [-0.1, -0.05) is 17.7 Å². The second kappa shape index (κ2) is 10.0. The van der Waals surface area contributed by atoms with E-state index in [0.717, 1.165) is 11.1 Å². The predicted octanol–water partition coefficient (Wildman–Crippen LogP) is 2.17. The highest BCUT2D eigenvalue weighted by Crippen LogP contribution is 2.16. The Kier molecular flexibility index (Phi) is 7.96. The minimum Gasteiger partial charge on any atom is -0.454 e. The highest BCUT2D eigenvalue weighted by molar-refractivity contribution is 7.89. The average Bonchev–Trinajstić information content (AvgIpc) is 2.67. The first-order valence-electron chi connectivity index (χ1n) is 8.99. The number of hydrogen-bond acceptors (Lipinski definition) is 6. The van der Waals surface area contributed by atoms with E-state index in [1.165, 1.54) is 31.2 Å². The summed E-state index contributed by atoms with van der Waals surface area (Å²) in [5.74, 6) is -1.69. The van der Waals surface area contributed by atoms with Gasteiger partial charge in [-0.05, 0) is 68.3 Å². The van der Waals surface area contributed by atoms with Crippen molar-refractivity contribution in [2.75, 3.05) is 11.9 Å². The topological polar surface area (TPSA) is 122 Å². The summed E-state index contributed by atoms with van der Waals surface area (Å²) in [4.78, 5) is 24.2. The number of halogens is 1. The fraction of sp³-hybridized carbons (Fsp3) is 0.300. The van der Waals surface area contributed by atoms with Gasteiger partial charge >= 0.3 is 5.97 Å². The van der Waals surface area contributed by atoms with Gasteiger partial charge in [-0.25, -0.2) is 8.42 Å². The van der Waals surface area contributed by atoms with Gasteiger partial charge < -0.3 is 15.2 Å². The first-order valence-corrected chi connectivity index (χ1v) is 10.9. The standard InChI is InChI=1S/C20H23ClN2O6S/c1-12-4-7-16(10-13(12)2)22-18(25)11-29-20(26)19(14(3)24)23-30(27,28)17-8-5-15(21)6-9-17/h4-10,14,19,23-24H,11H2,1-3H3,(H,22,25)/t14-,19-/m0/s1. The van der Waals surface area contributed by atoms with Crippen LogP contribution in [0.2, 0.25) is 5.02 Å². The quantitative estimate of drug-likeness (QED) is 0.525. The van der Waals surface area contributed by atoms with Crippen molar-refractivity contribution < 1.29 is 27.9 Å². The van der Waals surface area contributed by atoms with E-state index in [1.807, 2.05) is 19.9 Å². The number of anilines is 1. The summed E-state index contributed by atoms with van der Waals surface area (Å²) < 4.78 is 31.9. The molecule has 0 radical (unpaired) electrons. The summed E-state index contributed by atoms with van der Waals surface area (Å²) in [5.41, 5.74) is 2.58. The molecule has 162 valence electrons. The number of ether oxygens (including phenoxy) is 1. The maximum absolute atomic E-state index is 12.4. The van der Waals surface area contributed by atoms with Gasteiger partial charge in [-0.3, -0.25) is 9.59 Å². The number of sulfonamides is 1. The van der Waals surface area contributed by atoms with Crippen LogP contribution in [0.4, 0.5) is 5.69 Å². The summed E-state index contributed by atoms with van der Waals surface area (Å²) in [6, 6.07) is 8.99. The zero-order chi connectivity index (χ0) is 22.5. The largest absolute Gasteiger partial charge is 0.454 e. The molecule has 2 rings (SSSR count). The monoisotopic (exact) mass is 454 g/mol. The Bertz CT molecular complexity index is 1020. The van der Waals surface area contributed by atoms with E-state index >= 15 is 0 Å². The average molecular weight is 455 g/mol. The summed E-state index contributed by atoms with van der Waals surface area (Å²) in [7, 11) is -4.13. The zero-order valence-electron chi connectivity index (χ0n) is 16.7. The molecule has 0 saturated carbocycles. The third-order valence-electron chi connectivity index (χ3n) is 4.28. The Morgan fingerprint density at radius 2 is 1.73 bits per heavy atom. The van der Waals surface area contributed by atoms with Crippen LogP contribution in [0.25, 0.3) is 0 Å². The molecule has 10 heteroatoms. The number of benzene rings is 2. The molecule has 0 aliphatic heterocycles. The van der Waals surface area contributed by atoms with Crippen molar-refractivity contribution in [3.05, 3.63) is 58.6 Å². The highest BCUT2D eigenvalue weighted by Gasteiger charge is 2.31. The zero-order valence-corrected chi connectivity index (χ0v) is 18.3. The van der Waals surface area contributed by atoms with E-state index in [1.54, 1.807) is 12.1 Å². The summed E-state index contributed by atoms with van der Waals surface area (Å²) in [5, 5.41) is 12.8. The van der Waals surface area contributed by atoms with Crippen LogP contribution in [0.15, 0.2) is 47.4 Å². The van der Waals surface area contributed by atoms with Gasteiger partial charge in [0.15, 0.2) is 6.61 Å². The molecule has 8 nitrogen and oxygen atoms in total. The van der Waals surface area contributed by atoms with Gasteiger partial charge in [0.25, 0.3) is 5.91 Å². The molecule has 2 aromatic carbocycles. The number of aliphatic hydroxyl groups excluding tert-OH is 1. The molecule has 30 heavy (non-hydrogen) atoms. The van der Waals surface area contributed by atoms with Crippen LogP contribution in [0.3, 0.4) is 0 Å². The molecule has 2 aromatic rings. The number of amides is 1. The fourth-order valence-electron chi connectivity index (χ4n) is 2.44. The molecule has 0 aliphatic rings. The number of aryl methyl sites for hydroxylation is 2. The molecule has 0 saturated heterocycles. The molecule has 2 atom stereocenters. The fourth-order valence-corrected chi connectivity index (χ4v) is 3.82. The second-order valence-corrected chi connectivity index (χ2v) is 8.90. The second-order valence-electron chi connectivity index (χ2n) is 6.75. The summed E-state index contributed by atoms with van der Waals surface area (Å²) in [6.07, 6.45) is -1.40. The summed E-state index contributed by atoms with van der Waals surface area (Å²) in [6.45, 7) is 4.41. The molecule has 0 fully saturated rings. The molecule has 1 amide bonds. The number of hydrogen-bond donors (Lipinski definition) is 3. The van der Waals surface area contributed by atoms with Crippen molar-refractivity contribution in [1.29, 1.82) is 0 Å². The van der Waals surface area contributed by atoms with E-state index in [-0.39, 0.29) is 4.90 Å². The Labute approximate surface area is 180 Å². The lowest BCUT2D eigenvalue weighted by Crippen LogP contribution is -2.48. The first-order chi connectivity index (χ1) is 14.0. The smallest absolute Gasteiger partial charge is 0.327 e. The van der Waals surface area contributed by atoms with Crippen LogP contribution >= 0.6 is 11.6 Å². The van der Waals surface area contributed by atoms with Gasteiger partial charge in [0.1, 0.15) is 6.04 Å². The molecule has 0 unspecified atom stereocenters. The Morgan fingerprint density at radius 3 is 2.30 bits per heavy atom. The maximum atomic E-state index is 12.4. The van der Waals surface area contributed by atoms with Gasteiger partial charge in [-0.2, -0.15) is 4.72 Å². The van der Waals surface area contributed by atoms with Crippen LogP contribution in [0, 0.1) is 13.8 Å². The lowest BCUT2D eigenvalue weighted by molar-refractivity contribution is -0.151. The van der Waals surface area contributed by atoms with Crippen LogP contribution in [0.5, 0.6) is 0 Å². The SMILES string of the molecule is Cc1ccc(NC(=O)COC(=O)[C@@H](NS(=O)(=O)c2ccc(Cl)cc2)[C@H](C)O)cc1C. The lowest BCUT2D eigenvalue weighted by Gasteiger charge is -2.20. The third kappa shape index (κ3) is 6.53. The molecular weight excluding hydrogens is 432 g/mol. The first kappa shape index (κ1) is 23.8. The number of esters is 1. The van der Waals surface area contributed by atoms with Gasteiger partial charge in [0.2, 0.25) is 10.0 Å². The van der Waals surface area contributed by atoms with E-state index < -0.39 is 40.7 Å². The minimum absolute atomic E-state index is 0.141. The number of nitrogens with one attached hydrogen (secondary N) is 2. The molecule has 0 spiro atoms. The predicted molar refractivity (Wildman–Crippen MR) is 113 cm³/mol. The third-order valence-corrected chi connectivity index (χ3v) is 5.99. The molecule has 0 bridgehead atoms. The molecule has 0 heterocycles.